The summed E-state index contributed by atoms with van der Waals surface area (Å²) in [6.45, 7) is 0. The van der Waals surface area contributed by atoms with E-state index in [9.17, 15) is 4.79 Å². The zero-order valence-electron chi connectivity index (χ0n) is 13.7. The minimum atomic E-state index is -0.320. The Kier molecular flexibility index (Phi) is 3.48. The van der Waals surface area contributed by atoms with Crippen LogP contribution in [0.25, 0.3) is 11.0 Å². The maximum atomic E-state index is 12.7. The first-order valence-electron chi connectivity index (χ1n) is 8.71. The van der Waals surface area contributed by atoms with Crippen molar-refractivity contribution in [3.8, 4) is 0 Å². The second-order valence-electron chi connectivity index (χ2n) is 6.96. The third-order valence-electron chi connectivity index (χ3n) is 5.44. The maximum absolute atomic E-state index is 12.7. The molecule has 1 aromatic carbocycles. The molecule has 2 aliphatic carbocycles. The summed E-state index contributed by atoms with van der Waals surface area (Å²) in [7, 11) is 0. The largest absolute Gasteiger partial charge is 0.298 e. The fourth-order valence-electron chi connectivity index (χ4n) is 4.22. The quantitative estimate of drug-likeness (QED) is 0.657. The molecule has 5 nitrogen and oxygen atoms in total. The van der Waals surface area contributed by atoms with Crippen molar-refractivity contribution < 1.29 is 4.79 Å². The number of benzene rings is 1. The number of nitrogens with zero attached hydrogens (tertiary/aromatic N) is 4. The number of fused-ring (bicyclic) bond motifs is 2. The van der Waals surface area contributed by atoms with Gasteiger partial charge in [-0.1, -0.05) is 34.8 Å². The molecule has 1 fully saturated rings. The normalized spacial score (nSPS) is 20.5. The molecule has 126 valence electrons. The lowest BCUT2D eigenvalue weighted by molar-refractivity contribution is -0.118. The number of ketones is 1. The third-order valence-corrected chi connectivity index (χ3v) is 5.94. The summed E-state index contributed by atoms with van der Waals surface area (Å²) >= 11 is 3.52. The number of aromatic nitrogens is 4. The monoisotopic (exact) mass is 396 g/mol. The average molecular weight is 397 g/mol. The van der Waals surface area contributed by atoms with Gasteiger partial charge in [0.1, 0.15) is 6.33 Å². The van der Waals surface area contributed by atoms with Gasteiger partial charge in [-0.2, -0.15) is 5.10 Å². The van der Waals surface area contributed by atoms with Crippen molar-refractivity contribution in [2.24, 2.45) is 0 Å². The van der Waals surface area contributed by atoms with E-state index in [4.69, 9.17) is 0 Å². The minimum absolute atomic E-state index is 0.196. The highest BCUT2D eigenvalue weighted by Crippen LogP contribution is 2.39. The van der Waals surface area contributed by atoms with Crippen molar-refractivity contribution in [3.05, 3.63) is 52.0 Å². The van der Waals surface area contributed by atoms with Crippen molar-refractivity contribution >= 4 is 32.7 Å². The highest BCUT2D eigenvalue weighted by Gasteiger charge is 2.35. The Morgan fingerprint density at radius 1 is 1.16 bits per heavy atom. The van der Waals surface area contributed by atoms with Crippen molar-refractivity contribution in [3.63, 3.8) is 0 Å². The van der Waals surface area contributed by atoms with Gasteiger partial charge in [-0.15, -0.1) is 0 Å². The fraction of sp³-hybridized carbons (Fsp3) is 0.368. The lowest BCUT2D eigenvalue weighted by atomic mass is 9.95. The summed E-state index contributed by atoms with van der Waals surface area (Å²) in [5.74, 6) is -0.124. The minimum Gasteiger partial charge on any atom is -0.298 e. The summed E-state index contributed by atoms with van der Waals surface area (Å²) in [6.07, 6.45) is 8.87. The highest BCUT2D eigenvalue weighted by atomic mass is 79.9. The van der Waals surface area contributed by atoms with E-state index in [1.54, 1.807) is 0 Å². The summed E-state index contributed by atoms with van der Waals surface area (Å²) < 4.78 is 3.02. The van der Waals surface area contributed by atoms with Crippen LogP contribution in [0.15, 0.2) is 35.2 Å². The topological polar surface area (TPSA) is 60.7 Å². The molecule has 0 aliphatic heterocycles. The van der Waals surface area contributed by atoms with Crippen LogP contribution in [0.3, 0.4) is 0 Å². The molecule has 0 radical (unpaired) electrons. The molecule has 2 aromatic heterocycles. The molecule has 2 aliphatic rings. The van der Waals surface area contributed by atoms with Gasteiger partial charge < -0.3 is 0 Å². The SMILES string of the molecule is O=C1Cc2ccc(Br)cc2C1c1ncnc2nn(C3CCCC3)cc12. The zero-order chi connectivity index (χ0) is 17.0. The van der Waals surface area contributed by atoms with Crippen molar-refractivity contribution in [1.29, 1.82) is 0 Å². The lowest BCUT2D eigenvalue weighted by Gasteiger charge is -2.11. The van der Waals surface area contributed by atoms with Gasteiger partial charge >= 0.3 is 0 Å². The van der Waals surface area contributed by atoms with E-state index >= 15 is 0 Å². The van der Waals surface area contributed by atoms with Gasteiger partial charge in [-0.3, -0.25) is 9.48 Å². The summed E-state index contributed by atoms with van der Waals surface area (Å²) in [5.41, 5.74) is 3.62. The first-order valence-corrected chi connectivity index (χ1v) is 9.51. The maximum Gasteiger partial charge on any atom is 0.184 e. The Morgan fingerprint density at radius 3 is 2.84 bits per heavy atom. The van der Waals surface area contributed by atoms with Crippen LogP contribution in [0.5, 0.6) is 0 Å². The molecule has 0 spiro atoms. The van der Waals surface area contributed by atoms with Crippen LogP contribution in [0, 0.1) is 0 Å². The van der Waals surface area contributed by atoms with Crippen molar-refractivity contribution in [1.82, 2.24) is 19.7 Å². The first-order chi connectivity index (χ1) is 12.2. The molecule has 1 unspecified atom stereocenters. The Morgan fingerprint density at radius 2 is 2.00 bits per heavy atom. The molecule has 6 heteroatoms. The van der Waals surface area contributed by atoms with Gasteiger partial charge in [-0.05, 0) is 36.1 Å². The Hall–Kier alpha value is -2.08. The molecule has 25 heavy (non-hydrogen) atoms. The zero-order valence-corrected chi connectivity index (χ0v) is 15.2. The molecule has 2 heterocycles. The number of hydrogen-bond acceptors (Lipinski definition) is 4. The molecule has 3 aromatic rings. The van der Waals surface area contributed by atoms with Crippen molar-refractivity contribution in [2.45, 2.75) is 44.1 Å². The number of halogens is 1. The molecule has 0 bridgehead atoms. The Balaban J connectivity index is 1.66. The average Bonchev–Trinajstić information content (AvgIpc) is 3.31. The predicted molar refractivity (Wildman–Crippen MR) is 97.5 cm³/mol. The van der Waals surface area contributed by atoms with Crippen LogP contribution in [0.2, 0.25) is 0 Å². The van der Waals surface area contributed by atoms with Crippen LogP contribution in [0.4, 0.5) is 0 Å². The van der Waals surface area contributed by atoms with Gasteiger partial charge in [0.25, 0.3) is 0 Å². The van der Waals surface area contributed by atoms with E-state index in [-0.39, 0.29) is 11.7 Å². The van der Waals surface area contributed by atoms with Crippen LogP contribution < -0.4 is 0 Å². The summed E-state index contributed by atoms with van der Waals surface area (Å²) in [4.78, 5) is 21.6. The van der Waals surface area contributed by atoms with Gasteiger partial charge in [0.2, 0.25) is 0 Å². The fourth-order valence-corrected chi connectivity index (χ4v) is 4.60. The molecule has 1 saturated carbocycles. The molecule has 5 rings (SSSR count). The van der Waals surface area contributed by atoms with E-state index in [1.165, 1.54) is 19.2 Å². The number of carbonyl (C=O) groups is 1. The van der Waals surface area contributed by atoms with E-state index < -0.39 is 0 Å². The van der Waals surface area contributed by atoms with Gasteiger partial charge in [0.05, 0.1) is 23.0 Å². The van der Waals surface area contributed by atoms with E-state index in [0.29, 0.717) is 18.1 Å². The second-order valence-corrected chi connectivity index (χ2v) is 7.88. The Labute approximate surface area is 153 Å². The molecular formula is C19H17BrN4O. The van der Waals surface area contributed by atoms with Crippen molar-refractivity contribution in [2.75, 3.05) is 0 Å². The second kappa shape index (κ2) is 5.73. The van der Waals surface area contributed by atoms with Crippen LogP contribution >= 0.6 is 15.9 Å². The summed E-state index contributed by atoms with van der Waals surface area (Å²) in [6, 6.07) is 6.50. The molecule has 0 saturated heterocycles. The Bertz CT molecular complexity index is 990. The van der Waals surface area contributed by atoms with E-state index in [2.05, 4.69) is 31.0 Å². The van der Waals surface area contributed by atoms with Crippen LogP contribution in [-0.4, -0.2) is 25.5 Å². The van der Waals surface area contributed by atoms with E-state index in [0.717, 1.165) is 39.5 Å². The van der Waals surface area contributed by atoms with Gasteiger partial charge in [0.15, 0.2) is 11.4 Å². The van der Waals surface area contributed by atoms with E-state index in [1.807, 2.05) is 29.1 Å². The molecular weight excluding hydrogens is 380 g/mol. The van der Waals surface area contributed by atoms with Crippen LogP contribution in [-0.2, 0) is 11.2 Å². The van der Waals surface area contributed by atoms with Crippen LogP contribution in [0.1, 0.15) is 54.5 Å². The lowest BCUT2D eigenvalue weighted by Crippen LogP contribution is -2.10. The number of hydrogen-bond donors (Lipinski definition) is 0. The number of Topliss-reactive ketones (excluding diaryl/α,β-unsaturated/α-hetero) is 1. The number of carbonyl (C=O) groups excluding carboxylic acids is 1. The standard InChI is InChI=1S/C19H17BrN4O/c20-12-6-5-11-7-16(25)17(14(11)8-12)18-15-9-24(13-3-1-2-4-13)23-19(15)22-10-21-18/h5-6,8-10,13,17H,1-4,7H2. The van der Waals surface area contributed by atoms with Gasteiger partial charge in [-0.25, -0.2) is 9.97 Å². The highest BCUT2D eigenvalue weighted by molar-refractivity contribution is 9.10. The molecule has 0 N–H and O–H groups in total. The van der Waals surface area contributed by atoms with Gasteiger partial charge in [0, 0.05) is 17.1 Å². The number of rotatable bonds is 2. The molecule has 0 amide bonds. The predicted octanol–water partition coefficient (Wildman–Crippen LogP) is 3.96. The smallest absolute Gasteiger partial charge is 0.184 e. The summed E-state index contributed by atoms with van der Waals surface area (Å²) in [5, 5.41) is 5.57. The molecule has 1 atom stereocenters. The first kappa shape index (κ1) is 15.2. The third kappa shape index (κ3) is 2.42.